The SMILES string of the molecule is CCSCC(=O)c1cc(C)ccc1OCc1cccc(C)c1. The van der Waals surface area contributed by atoms with Gasteiger partial charge >= 0.3 is 0 Å². The molecule has 0 bridgehead atoms. The standard InChI is InChI=1S/C19H22O2S/c1-4-22-13-18(20)17-11-15(3)8-9-19(17)21-12-16-7-5-6-14(2)10-16/h5-11H,4,12-13H2,1-3H3. The average Bonchev–Trinajstić information content (AvgIpc) is 2.51. The summed E-state index contributed by atoms with van der Waals surface area (Å²) < 4.78 is 5.90. The first-order valence-electron chi connectivity index (χ1n) is 7.50. The Balaban J connectivity index is 2.14. The molecule has 2 nitrogen and oxygen atoms in total. The largest absolute Gasteiger partial charge is 0.488 e. The molecule has 2 rings (SSSR count). The van der Waals surface area contributed by atoms with Crippen molar-refractivity contribution in [3.05, 3.63) is 64.7 Å². The first-order chi connectivity index (χ1) is 10.6. The van der Waals surface area contributed by atoms with E-state index >= 15 is 0 Å². The van der Waals surface area contributed by atoms with E-state index in [1.54, 1.807) is 11.8 Å². The van der Waals surface area contributed by atoms with Gasteiger partial charge in [0.05, 0.1) is 11.3 Å². The van der Waals surface area contributed by atoms with Gasteiger partial charge in [-0.15, -0.1) is 0 Å². The molecule has 22 heavy (non-hydrogen) atoms. The van der Waals surface area contributed by atoms with Crippen LogP contribution in [-0.4, -0.2) is 17.3 Å². The van der Waals surface area contributed by atoms with E-state index in [1.807, 2.05) is 37.3 Å². The zero-order chi connectivity index (χ0) is 15.9. The molecule has 0 saturated heterocycles. The third kappa shape index (κ3) is 4.63. The van der Waals surface area contributed by atoms with Crippen LogP contribution in [0.2, 0.25) is 0 Å². The van der Waals surface area contributed by atoms with Gasteiger partial charge in [-0.2, -0.15) is 11.8 Å². The van der Waals surface area contributed by atoms with Crippen LogP contribution in [0.15, 0.2) is 42.5 Å². The average molecular weight is 314 g/mol. The molecule has 0 fully saturated rings. The van der Waals surface area contributed by atoms with Gasteiger partial charge in [-0.3, -0.25) is 4.79 Å². The van der Waals surface area contributed by atoms with Gasteiger partial charge < -0.3 is 4.74 Å². The number of benzene rings is 2. The van der Waals surface area contributed by atoms with E-state index in [0.717, 1.165) is 16.9 Å². The molecule has 0 aromatic heterocycles. The Bertz CT molecular complexity index is 650. The number of ether oxygens (including phenoxy) is 1. The van der Waals surface area contributed by atoms with Crippen LogP contribution in [0.25, 0.3) is 0 Å². The highest BCUT2D eigenvalue weighted by Gasteiger charge is 2.13. The zero-order valence-corrected chi connectivity index (χ0v) is 14.2. The minimum Gasteiger partial charge on any atom is -0.488 e. The maximum Gasteiger partial charge on any atom is 0.176 e. The molecule has 0 aliphatic rings. The molecule has 0 atom stereocenters. The highest BCUT2D eigenvalue weighted by Crippen LogP contribution is 2.23. The molecule has 0 saturated carbocycles. The molecular formula is C19H22O2S. The van der Waals surface area contributed by atoms with Gasteiger partial charge in [0, 0.05) is 0 Å². The molecule has 0 heterocycles. The van der Waals surface area contributed by atoms with E-state index in [9.17, 15) is 4.79 Å². The van der Waals surface area contributed by atoms with Gasteiger partial charge in [0.2, 0.25) is 0 Å². The minimum absolute atomic E-state index is 0.134. The third-order valence-corrected chi connectivity index (χ3v) is 4.22. The second-order valence-corrected chi connectivity index (χ2v) is 6.61. The van der Waals surface area contributed by atoms with E-state index in [1.165, 1.54) is 5.56 Å². The van der Waals surface area contributed by atoms with Crippen molar-refractivity contribution in [2.75, 3.05) is 11.5 Å². The first kappa shape index (κ1) is 16.6. The highest BCUT2D eigenvalue weighted by atomic mass is 32.2. The summed E-state index contributed by atoms with van der Waals surface area (Å²) in [6.07, 6.45) is 0. The van der Waals surface area contributed by atoms with Crippen molar-refractivity contribution in [1.82, 2.24) is 0 Å². The number of hydrogen-bond donors (Lipinski definition) is 0. The topological polar surface area (TPSA) is 26.3 Å². The van der Waals surface area contributed by atoms with Crippen molar-refractivity contribution in [2.24, 2.45) is 0 Å². The Kier molecular flexibility index (Phi) is 6.08. The first-order valence-corrected chi connectivity index (χ1v) is 8.65. The lowest BCUT2D eigenvalue weighted by molar-refractivity contribution is 0.101. The van der Waals surface area contributed by atoms with Crippen LogP contribution in [0, 0.1) is 13.8 Å². The Labute approximate surface area is 136 Å². The van der Waals surface area contributed by atoms with Crippen LogP contribution < -0.4 is 4.74 Å². The van der Waals surface area contributed by atoms with Gasteiger partial charge in [-0.05, 0) is 37.3 Å². The third-order valence-electron chi connectivity index (χ3n) is 3.35. The number of carbonyl (C=O) groups is 1. The summed E-state index contributed by atoms with van der Waals surface area (Å²) in [5.74, 6) is 2.25. The van der Waals surface area contributed by atoms with E-state index in [-0.39, 0.29) is 5.78 Å². The van der Waals surface area contributed by atoms with Gasteiger partial charge in [0.1, 0.15) is 12.4 Å². The predicted octanol–water partition coefficient (Wildman–Crippen LogP) is 4.82. The van der Waals surface area contributed by atoms with Crippen LogP contribution in [0.5, 0.6) is 5.75 Å². The minimum atomic E-state index is 0.134. The maximum absolute atomic E-state index is 12.3. The molecule has 0 spiro atoms. The van der Waals surface area contributed by atoms with E-state index in [2.05, 4.69) is 26.0 Å². The summed E-state index contributed by atoms with van der Waals surface area (Å²) in [7, 11) is 0. The fraction of sp³-hybridized carbons (Fsp3) is 0.316. The molecule has 0 aliphatic carbocycles. The van der Waals surface area contributed by atoms with Crippen molar-refractivity contribution >= 4 is 17.5 Å². The number of ketones is 1. The van der Waals surface area contributed by atoms with Crippen LogP contribution in [0.3, 0.4) is 0 Å². The summed E-state index contributed by atoms with van der Waals surface area (Å²) in [4.78, 5) is 12.3. The van der Waals surface area contributed by atoms with Crippen LogP contribution in [0.1, 0.15) is 34.0 Å². The van der Waals surface area contributed by atoms with Gasteiger partial charge in [-0.1, -0.05) is 48.4 Å². The molecule has 3 heteroatoms. The maximum atomic E-state index is 12.3. The summed E-state index contributed by atoms with van der Waals surface area (Å²) in [6.45, 7) is 6.59. The van der Waals surface area contributed by atoms with E-state index in [4.69, 9.17) is 4.74 Å². The Morgan fingerprint density at radius 2 is 1.86 bits per heavy atom. The quantitative estimate of drug-likeness (QED) is 0.685. The fourth-order valence-electron chi connectivity index (χ4n) is 2.22. The number of Topliss-reactive ketones (excluding diaryl/α,β-unsaturated/α-hetero) is 1. The number of carbonyl (C=O) groups excluding carboxylic acids is 1. The zero-order valence-electron chi connectivity index (χ0n) is 13.4. The number of rotatable bonds is 7. The lowest BCUT2D eigenvalue weighted by atomic mass is 10.1. The molecule has 0 radical (unpaired) electrons. The van der Waals surface area contributed by atoms with Crippen molar-refractivity contribution in [1.29, 1.82) is 0 Å². The normalized spacial score (nSPS) is 10.5. The van der Waals surface area contributed by atoms with Crippen LogP contribution in [0.4, 0.5) is 0 Å². The molecule has 0 unspecified atom stereocenters. The lowest BCUT2D eigenvalue weighted by Crippen LogP contribution is -2.07. The second kappa shape index (κ2) is 8.04. The van der Waals surface area contributed by atoms with Gasteiger partial charge in [0.25, 0.3) is 0 Å². The Hall–Kier alpha value is -1.74. The summed E-state index contributed by atoms with van der Waals surface area (Å²) in [5.41, 5.74) is 4.09. The van der Waals surface area contributed by atoms with Crippen LogP contribution in [-0.2, 0) is 6.61 Å². The molecule has 0 amide bonds. The molecule has 116 valence electrons. The summed E-state index contributed by atoms with van der Waals surface area (Å²) in [6, 6.07) is 14.0. The van der Waals surface area contributed by atoms with Crippen molar-refractivity contribution in [3.63, 3.8) is 0 Å². The molecule has 2 aromatic carbocycles. The van der Waals surface area contributed by atoms with Gasteiger partial charge in [0.15, 0.2) is 5.78 Å². The van der Waals surface area contributed by atoms with E-state index in [0.29, 0.717) is 23.7 Å². The monoisotopic (exact) mass is 314 g/mol. The van der Waals surface area contributed by atoms with E-state index < -0.39 is 0 Å². The highest BCUT2D eigenvalue weighted by molar-refractivity contribution is 7.99. The van der Waals surface area contributed by atoms with Crippen molar-refractivity contribution < 1.29 is 9.53 Å². The van der Waals surface area contributed by atoms with Crippen LogP contribution >= 0.6 is 11.8 Å². The smallest absolute Gasteiger partial charge is 0.176 e. The molecule has 2 aromatic rings. The Morgan fingerprint density at radius 1 is 1.09 bits per heavy atom. The molecular weight excluding hydrogens is 292 g/mol. The summed E-state index contributed by atoms with van der Waals surface area (Å²) in [5, 5.41) is 0. The number of thioether (sulfide) groups is 1. The number of aryl methyl sites for hydroxylation is 2. The van der Waals surface area contributed by atoms with Crippen molar-refractivity contribution in [3.8, 4) is 5.75 Å². The number of hydrogen-bond acceptors (Lipinski definition) is 3. The Morgan fingerprint density at radius 3 is 2.59 bits per heavy atom. The van der Waals surface area contributed by atoms with Crippen molar-refractivity contribution in [2.45, 2.75) is 27.4 Å². The molecule has 0 aliphatic heterocycles. The predicted molar refractivity (Wildman–Crippen MR) is 94.0 cm³/mol. The lowest BCUT2D eigenvalue weighted by Gasteiger charge is -2.12. The second-order valence-electron chi connectivity index (χ2n) is 5.34. The molecule has 0 N–H and O–H groups in total. The summed E-state index contributed by atoms with van der Waals surface area (Å²) >= 11 is 1.64. The fourth-order valence-corrected chi connectivity index (χ4v) is 2.77. The van der Waals surface area contributed by atoms with Gasteiger partial charge in [-0.25, -0.2) is 0 Å².